The third-order valence-corrected chi connectivity index (χ3v) is 3.42. The second-order valence-corrected chi connectivity index (χ2v) is 5.31. The zero-order valence-electron chi connectivity index (χ0n) is 14.1. The molecule has 0 saturated heterocycles. The van der Waals surface area contributed by atoms with E-state index in [0.29, 0.717) is 0 Å². The van der Waals surface area contributed by atoms with Gasteiger partial charge in [-0.25, -0.2) is 0 Å². The van der Waals surface area contributed by atoms with Gasteiger partial charge in [-0.2, -0.15) is 13.2 Å². The van der Waals surface area contributed by atoms with Crippen molar-refractivity contribution in [3.05, 3.63) is 63.7 Å². The molecule has 1 N–H and O–H groups in total. The first kappa shape index (κ1) is 20.2. The van der Waals surface area contributed by atoms with E-state index in [1.807, 2.05) is 0 Å². The smallest absolute Gasteiger partial charge is 0.416 e. The van der Waals surface area contributed by atoms with Crippen molar-refractivity contribution in [1.29, 1.82) is 0 Å². The van der Waals surface area contributed by atoms with Crippen molar-refractivity contribution in [3.8, 4) is 5.75 Å². The fourth-order valence-electron chi connectivity index (χ4n) is 2.12. The molecule has 2 aromatic rings. The van der Waals surface area contributed by atoms with Gasteiger partial charge in [0.05, 0.1) is 22.8 Å². The van der Waals surface area contributed by atoms with Gasteiger partial charge in [-0.15, -0.1) is 0 Å². The van der Waals surface area contributed by atoms with E-state index in [-0.39, 0.29) is 35.9 Å². The number of hydrogen-bond donors (Lipinski definition) is 1. The van der Waals surface area contributed by atoms with Crippen molar-refractivity contribution in [1.82, 2.24) is 0 Å². The summed E-state index contributed by atoms with van der Waals surface area (Å²) in [7, 11) is 1.43. The molecule has 2 rings (SSSR count). The Kier molecular flexibility index (Phi) is 6.35. The molecule has 0 aromatic heterocycles. The molecule has 0 heterocycles. The van der Waals surface area contributed by atoms with E-state index >= 15 is 0 Å². The summed E-state index contributed by atoms with van der Waals surface area (Å²) >= 11 is 0. The number of hydrogen-bond acceptors (Lipinski definition) is 5. The lowest BCUT2D eigenvalue weighted by Gasteiger charge is -2.15. The van der Waals surface area contributed by atoms with Gasteiger partial charge in [0.25, 0.3) is 11.6 Å². The maximum absolute atomic E-state index is 13.0. The molecule has 0 spiro atoms. The number of alkyl halides is 3. The number of anilines is 1. The number of non-ortho nitro benzene ring substituents is 1. The van der Waals surface area contributed by atoms with Crippen molar-refractivity contribution in [2.24, 2.45) is 0 Å². The Hall–Kier alpha value is -3.14. The van der Waals surface area contributed by atoms with Gasteiger partial charge in [0, 0.05) is 24.8 Å². The van der Waals surface area contributed by atoms with Crippen LogP contribution in [0.5, 0.6) is 5.75 Å². The number of carbonyl (C=O) groups excluding carboxylic acids is 1. The van der Waals surface area contributed by atoms with Crippen LogP contribution in [0.25, 0.3) is 0 Å². The molecule has 0 atom stereocenters. The summed E-state index contributed by atoms with van der Waals surface area (Å²) in [5.74, 6) is -0.798. The van der Waals surface area contributed by atoms with E-state index in [1.54, 1.807) is 0 Å². The van der Waals surface area contributed by atoms with Crippen LogP contribution < -0.4 is 10.1 Å². The zero-order chi connectivity index (χ0) is 20.0. The Balaban J connectivity index is 2.32. The van der Waals surface area contributed by atoms with Crippen LogP contribution in [0.2, 0.25) is 0 Å². The molecule has 0 saturated carbocycles. The number of nitro groups is 1. The number of benzene rings is 2. The van der Waals surface area contributed by atoms with E-state index < -0.39 is 22.6 Å². The first-order valence-electron chi connectivity index (χ1n) is 7.61. The topological polar surface area (TPSA) is 90.7 Å². The molecule has 7 nitrogen and oxygen atoms in total. The minimum atomic E-state index is -4.62. The summed E-state index contributed by atoms with van der Waals surface area (Å²) < 4.78 is 49.0. The number of ether oxygens (including phenoxy) is 2. The minimum Gasteiger partial charge on any atom is -0.489 e. The van der Waals surface area contributed by atoms with Gasteiger partial charge in [-0.3, -0.25) is 14.9 Å². The first-order chi connectivity index (χ1) is 12.7. The van der Waals surface area contributed by atoms with Crippen LogP contribution in [0.1, 0.15) is 15.9 Å². The van der Waals surface area contributed by atoms with Gasteiger partial charge in [0.1, 0.15) is 12.4 Å². The Labute approximate surface area is 151 Å². The number of carbonyl (C=O) groups is 1. The predicted molar refractivity (Wildman–Crippen MR) is 89.9 cm³/mol. The van der Waals surface area contributed by atoms with Crippen molar-refractivity contribution in [2.75, 3.05) is 25.6 Å². The standard InChI is InChI=1S/C17H15F3N2O5/c1-26-7-8-27-15-6-5-12(17(18,19)20)10-14(15)21-16(23)11-3-2-4-13(9-11)22(24)25/h2-6,9-10H,7-8H2,1H3,(H,21,23). The maximum atomic E-state index is 13.0. The van der Waals surface area contributed by atoms with Gasteiger partial charge in [-0.1, -0.05) is 6.07 Å². The molecule has 1 amide bonds. The van der Waals surface area contributed by atoms with E-state index in [9.17, 15) is 28.1 Å². The SMILES string of the molecule is COCCOc1ccc(C(F)(F)F)cc1NC(=O)c1cccc([N+](=O)[O-])c1. The lowest BCUT2D eigenvalue weighted by Crippen LogP contribution is -2.15. The molecule has 0 aliphatic heterocycles. The van der Waals surface area contributed by atoms with Crippen molar-refractivity contribution >= 4 is 17.3 Å². The Bertz CT molecular complexity index is 840. The highest BCUT2D eigenvalue weighted by Crippen LogP contribution is 2.35. The fraction of sp³-hybridized carbons (Fsp3) is 0.235. The van der Waals surface area contributed by atoms with Gasteiger partial charge in [-0.05, 0) is 24.3 Å². The lowest BCUT2D eigenvalue weighted by molar-refractivity contribution is -0.384. The maximum Gasteiger partial charge on any atom is 0.416 e. The normalized spacial score (nSPS) is 11.1. The molecular weight excluding hydrogens is 369 g/mol. The number of nitrogens with zero attached hydrogens (tertiary/aromatic N) is 1. The monoisotopic (exact) mass is 384 g/mol. The van der Waals surface area contributed by atoms with E-state index in [4.69, 9.17) is 9.47 Å². The number of rotatable bonds is 7. The third kappa shape index (κ3) is 5.42. The molecule has 0 bridgehead atoms. The highest BCUT2D eigenvalue weighted by atomic mass is 19.4. The van der Waals surface area contributed by atoms with E-state index in [1.165, 1.54) is 25.3 Å². The van der Waals surface area contributed by atoms with Crippen LogP contribution in [0, 0.1) is 10.1 Å². The third-order valence-electron chi connectivity index (χ3n) is 3.42. The van der Waals surface area contributed by atoms with Gasteiger partial charge in [0.15, 0.2) is 0 Å². The Morgan fingerprint density at radius 3 is 2.56 bits per heavy atom. The Morgan fingerprint density at radius 1 is 1.19 bits per heavy atom. The summed E-state index contributed by atoms with van der Waals surface area (Å²) in [6.45, 7) is 0.251. The molecule has 0 radical (unpaired) electrons. The highest BCUT2D eigenvalue weighted by molar-refractivity contribution is 6.05. The average Bonchev–Trinajstić information content (AvgIpc) is 2.62. The van der Waals surface area contributed by atoms with Crippen molar-refractivity contribution in [2.45, 2.75) is 6.18 Å². The van der Waals surface area contributed by atoms with Crippen LogP contribution in [-0.2, 0) is 10.9 Å². The number of nitrogens with one attached hydrogen (secondary N) is 1. The summed E-state index contributed by atoms with van der Waals surface area (Å²) in [4.78, 5) is 22.5. The second-order valence-electron chi connectivity index (χ2n) is 5.31. The second kappa shape index (κ2) is 8.49. The quantitative estimate of drug-likeness (QED) is 0.444. The summed E-state index contributed by atoms with van der Waals surface area (Å²) in [6.07, 6.45) is -4.62. The molecular formula is C17H15F3N2O5. The summed E-state index contributed by atoms with van der Waals surface area (Å²) in [5.41, 5.74) is -1.58. The summed E-state index contributed by atoms with van der Waals surface area (Å²) in [6, 6.07) is 7.47. The zero-order valence-corrected chi connectivity index (χ0v) is 14.1. The molecule has 144 valence electrons. The number of nitro benzene ring substituents is 1. The lowest BCUT2D eigenvalue weighted by atomic mass is 10.1. The van der Waals surface area contributed by atoms with Crippen LogP contribution in [0.3, 0.4) is 0 Å². The van der Waals surface area contributed by atoms with E-state index in [2.05, 4.69) is 5.32 Å². The Morgan fingerprint density at radius 2 is 1.93 bits per heavy atom. The molecule has 0 unspecified atom stereocenters. The first-order valence-corrected chi connectivity index (χ1v) is 7.61. The highest BCUT2D eigenvalue weighted by Gasteiger charge is 2.31. The van der Waals surface area contributed by atoms with Crippen molar-refractivity contribution < 1.29 is 32.4 Å². The van der Waals surface area contributed by atoms with Gasteiger partial charge < -0.3 is 14.8 Å². The molecule has 2 aromatic carbocycles. The van der Waals surface area contributed by atoms with Gasteiger partial charge in [0.2, 0.25) is 0 Å². The average molecular weight is 384 g/mol. The molecule has 0 aliphatic rings. The predicted octanol–water partition coefficient (Wildman–Crippen LogP) is 3.89. The van der Waals surface area contributed by atoms with Gasteiger partial charge >= 0.3 is 6.18 Å². The number of amides is 1. The minimum absolute atomic E-state index is 0.0128. The molecule has 0 aliphatic carbocycles. The largest absolute Gasteiger partial charge is 0.489 e. The molecule has 27 heavy (non-hydrogen) atoms. The number of methoxy groups -OCH3 is 1. The number of halogens is 3. The molecule has 10 heteroatoms. The van der Waals surface area contributed by atoms with Crippen LogP contribution in [-0.4, -0.2) is 31.2 Å². The fourth-order valence-corrected chi connectivity index (χ4v) is 2.12. The van der Waals surface area contributed by atoms with Crippen LogP contribution >= 0.6 is 0 Å². The van der Waals surface area contributed by atoms with Crippen molar-refractivity contribution in [3.63, 3.8) is 0 Å². The van der Waals surface area contributed by atoms with Crippen LogP contribution in [0.4, 0.5) is 24.5 Å². The van der Waals surface area contributed by atoms with E-state index in [0.717, 1.165) is 24.3 Å². The summed E-state index contributed by atoms with van der Waals surface area (Å²) in [5, 5.41) is 13.1. The molecule has 0 fully saturated rings. The van der Waals surface area contributed by atoms with Crippen LogP contribution in [0.15, 0.2) is 42.5 Å².